The molecule has 0 aliphatic carbocycles. The molecule has 8 nitrogen and oxygen atoms in total. The Morgan fingerprint density at radius 1 is 1.29 bits per heavy atom. The van der Waals surface area contributed by atoms with Gasteiger partial charge in [-0.05, 0) is 0 Å². The predicted molar refractivity (Wildman–Crippen MR) is 81.5 cm³/mol. The highest BCUT2D eigenvalue weighted by atomic mass is 32.2. The van der Waals surface area contributed by atoms with Gasteiger partial charge in [0.1, 0.15) is 9.88 Å². The van der Waals surface area contributed by atoms with Crippen LogP contribution in [0.1, 0.15) is 20.0 Å². The van der Waals surface area contributed by atoms with Crippen LogP contribution < -0.4 is 21.7 Å². The van der Waals surface area contributed by atoms with Crippen LogP contribution in [0.15, 0.2) is 0 Å². The SMILES string of the molecule is CNC(=O)c1sc(N2CCS(=O)(=O)CC2)c(C(N)=O)c1N. The van der Waals surface area contributed by atoms with Gasteiger partial charge in [0.2, 0.25) is 0 Å². The molecule has 2 amide bonds. The number of nitrogens with two attached hydrogens (primary N) is 2. The zero-order valence-electron chi connectivity index (χ0n) is 11.4. The number of amides is 2. The number of hydrogen-bond acceptors (Lipinski definition) is 7. The van der Waals surface area contributed by atoms with E-state index in [9.17, 15) is 18.0 Å². The van der Waals surface area contributed by atoms with E-state index in [2.05, 4.69) is 5.32 Å². The van der Waals surface area contributed by atoms with E-state index in [4.69, 9.17) is 11.5 Å². The third-order valence-corrected chi connectivity index (χ3v) is 6.11. The largest absolute Gasteiger partial charge is 0.397 e. The highest BCUT2D eigenvalue weighted by Gasteiger charge is 2.30. The van der Waals surface area contributed by atoms with Crippen molar-refractivity contribution in [2.45, 2.75) is 0 Å². The molecule has 21 heavy (non-hydrogen) atoms. The Kier molecular flexibility index (Phi) is 4.10. The molecule has 0 spiro atoms. The van der Waals surface area contributed by atoms with Crippen molar-refractivity contribution in [3.63, 3.8) is 0 Å². The number of carbonyl (C=O) groups is 2. The zero-order chi connectivity index (χ0) is 15.8. The van der Waals surface area contributed by atoms with E-state index in [0.717, 1.165) is 11.3 Å². The summed E-state index contributed by atoms with van der Waals surface area (Å²) >= 11 is 1.05. The lowest BCUT2D eigenvalue weighted by Gasteiger charge is -2.28. The molecule has 0 saturated carbocycles. The summed E-state index contributed by atoms with van der Waals surface area (Å²) in [6, 6.07) is 0. The molecule has 116 valence electrons. The number of thiophene rings is 1. The summed E-state index contributed by atoms with van der Waals surface area (Å²) in [4.78, 5) is 25.3. The van der Waals surface area contributed by atoms with Gasteiger partial charge in [-0.25, -0.2) is 8.42 Å². The third kappa shape index (κ3) is 2.95. The maximum atomic E-state index is 11.8. The average Bonchev–Trinajstić information content (AvgIpc) is 2.75. The van der Waals surface area contributed by atoms with Crippen LogP contribution in [0.3, 0.4) is 0 Å². The van der Waals surface area contributed by atoms with Crippen molar-refractivity contribution >= 4 is 43.7 Å². The van der Waals surface area contributed by atoms with Crippen LogP contribution in [0.4, 0.5) is 10.7 Å². The van der Waals surface area contributed by atoms with E-state index < -0.39 is 21.7 Å². The van der Waals surface area contributed by atoms with Crippen molar-refractivity contribution in [1.82, 2.24) is 5.32 Å². The second kappa shape index (κ2) is 5.53. The first-order valence-corrected chi connectivity index (χ1v) is 8.80. The number of sulfone groups is 1. The Balaban J connectivity index is 2.44. The second-order valence-corrected chi connectivity index (χ2v) is 7.91. The number of nitrogens with zero attached hydrogens (tertiary/aromatic N) is 1. The topological polar surface area (TPSA) is 136 Å². The van der Waals surface area contributed by atoms with E-state index in [1.54, 1.807) is 4.90 Å². The number of primary amides is 1. The minimum absolute atomic E-state index is 0.00167. The van der Waals surface area contributed by atoms with Crippen LogP contribution in [0.5, 0.6) is 0 Å². The number of nitrogens with one attached hydrogen (secondary N) is 1. The molecule has 1 aromatic rings. The fourth-order valence-electron chi connectivity index (χ4n) is 2.09. The predicted octanol–water partition coefficient (Wildman–Crippen LogP) is -0.976. The van der Waals surface area contributed by atoms with Gasteiger partial charge in [0.15, 0.2) is 9.84 Å². The Labute approximate surface area is 126 Å². The Morgan fingerprint density at radius 2 is 1.86 bits per heavy atom. The summed E-state index contributed by atoms with van der Waals surface area (Å²) in [5.74, 6) is -1.14. The molecule has 2 heterocycles. The van der Waals surface area contributed by atoms with Gasteiger partial charge in [-0.1, -0.05) is 0 Å². The second-order valence-electron chi connectivity index (χ2n) is 4.61. The first kappa shape index (κ1) is 15.6. The standard InChI is InChI=1S/C11H16N4O4S2/c1-14-10(17)8-7(12)6(9(13)16)11(20-8)15-2-4-21(18,19)5-3-15/h2-5,12H2,1H3,(H2,13,16)(H,14,17). The van der Waals surface area contributed by atoms with Gasteiger partial charge in [0, 0.05) is 20.1 Å². The number of rotatable bonds is 3. The molecule has 0 aromatic carbocycles. The van der Waals surface area contributed by atoms with E-state index in [1.807, 2.05) is 0 Å². The highest BCUT2D eigenvalue weighted by Crippen LogP contribution is 2.38. The highest BCUT2D eigenvalue weighted by molar-refractivity contribution is 7.91. The molecule has 0 unspecified atom stereocenters. The first-order chi connectivity index (χ1) is 9.76. The van der Waals surface area contributed by atoms with Crippen molar-refractivity contribution in [2.75, 3.05) is 42.3 Å². The molecule has 5 N–H and O–H groups in total. The van der Waals surface area contributed by atoms with E-state index in [-0.39, 0.29) is 40.7 Å². The Bertz CT molecular complexity index is 681. The number of anilines is 2. The van der Waals surface area contributed by atoms with Crippen LogP contribution in [0, 0.1) is 0 Å². The summed E-state index contributed by atoms with van der Waals surface area (Å²) in [7, 11) is -1.59. The number of hydrogen-bond donors (Lipinski definition) is 3. The van der Waals surface area contributed by atoms with Crippen molar-refractivity contribution in [2.24, 2.45) is 5.73 Å². The van der Waals surface area contributed by atoms with Crippen molar-refractivity contribution < 1.29 is 18.0 Å². The van der Waals surface area contributed by atoms with Crippen LogP contribution in [-0.4, -0.2) is 51.9 Å². The minimum atomic E-state index is -3.04. The number of nitrogen functional groups attached to an aromatic ring is 1. The maximum absolute atomic E-state index is 11.8. The van der Waals surface area contributed by atoms with Crippen LogP contribution >= 0.6 is 11.3 Å². The minimum Gasteiger partial charge on any atom is -0.397 e. The lowest BCUT2D eigenvalue weighted by Crippen LogP contribution is -2.40. The number of carbonyl (C=O) groups excluding carboxylic acids is 2. The molecule has 2 rings (SSSR count). The summed E-state index contributed by atoms with van der Waals surface area (Å²) in [5, 5.41) is 2.89. The smallest absolute Gasteiger partial charge is 0.263 e. The van der Waals surface area contributed by atoms with Gasteiger partial charge in [-0.15, -0.1) is 11.3 Å². The molecule has 0 radical (unpaired) electrons. The molecular formula is C11H16N4O4S2. The summed E-state index contributed by atoms with van der Waals surface area (Å²) < 4.78 is 22.9. The molecule has 1 aromatic heterocycles. The third-order valence-electron chi connectivity index (χ3n) is 3.24. The summed E-state index contributed by atoms with van der Waals surface area (Å²) in [6.45, 7) is 0.492. The van der Waals surface area contributed by atoms with E-state index in [0.29, 0.717) is 5.00 Å². The van der Waals surface area contributed by atoms with Gasteiger partial charge in [-0.2, -0.15) is 0 Å². The van der Waals surface area contributed by atoms with Crippen LogP contribution in [0.2, 0.25) is 0 Å². The molecule has 1 fully saturated rings. The Morgan fingerprint density at radius 3 is 2.33 bits per heavy atom. The first-order valence-electron chi connectivity index (χ1n) is 6.16. The van der Waals surface area contributed by atoms with Crippen molar-refractivity contribution in [1.29, 1.82) is 0 Å². The van der Waals surface area contributed by atoms with Gasteiger partial charge in [-0.3, -0.25) is 9.59 Å². The summed E-state index contributed by atoms with van der Waals surface area (Å²) in [5.41, 5.74) is 11.3. The lowest BCUT2D eigenvalue weighted by molar-refractivity contribution is 0.0967. The molecular weight excluding hydrogens is 316 g/mol. The van der Waals surface area contributed by atoms with Crippen LogP contribution in [-0.2, 0) is 9.84 Å². The van der Waals surface area contributed by atoms with Gasteiger partial charge >= 0.3 is 0 Å². The normalized spacial score (nSPS) is 17.5. The molecule has 1 aliphatic heterocycles. The average molecular weight is 332 g/mol. The van der Waals surface area contributed by atoms with Gasteiger partial charge in [0.05, 0.1) is 22.8 Å². The lowest BCUT2D eigenvalue weighted by atomic mass is 10.2. The van der Waals surface area contributed by atoms with Crippen molar-refractivity contribution in [3.05, 3.63) is 10.4 Å². The molecule has 1 saturated heterocycles. The maximum Gasteiger partial charge on any atom is 0.263 e. The fraction of sp³-hybridized carbons (Fsp3) is 0.455. The molecule has 0 atom stereocenters. The van der Waals surface area contributed by atoms with E-state index >= 15 is 0 Å². The Hall–Kier alpha value is -1.81. The van der Waals surface area contributed by atoms with Crippen LogP contribution in [0.25, 0.3) is 0 Å². The van der Waals surface area contributed by atoms with Gasteiger partial charge < -0.3 is 21.7 Å². The molecule has 1 aliphatic rings. The van der Waals surface area contributed by atoms with Crippen molar-refractivity contribution in [3.8, 4) is 0 Å². The monoisotopic (exact) mass is 332 g/mol. The summed E-state index contributed by atoms with van der Waals surface area (Å²) in [6.07, 6.45) is 0. The fourth-order valence-corrected chi connectivity index (χ4v) is 4.52. The quantitative estimate of drug-likeness (QED) is 0.651. The molecule has 0 bridgehead atoms. The van der Waals surface area contributed by atoms with E-state index in [1.165, 1.54) is 7.05 Å². The zero-order valence-corrected chi connectivity index (χ0v) is 13.0. The van der Waals surface area contributed by atoms with Gasteiger partial charge in [0.25, 0.3) is 11.8 Å². The molecule has 10 heteroatoms.